The fourth-order valence-electron chi connectivity index (χ4n) is 2.91. The van der Waals surface area contributed by atoms with Crippen molar-refractivity contribution >= 4 is 11.9 Å². The topological polar surface area (TPSA) is 95.9 Å². The van der Waals surface area contributed by atoms with E-state index in [0.717, 1.165) is 11.1 Å². The van der Waals surface area contributed by atoms with Crippen molar-refractivity contribution in [1.82, 2.24) is 5.32 Å². The molecule has 3 N–H and O–H groups in total. The Balaban J connectivity index is 1.94. The average molecular weight is 399 g/mol. The number of rotatable bonds is 10. The van der Waals surface area contributed by atoms with Crippen LogP contribution in [0.25, 0.3) is 0 Å². The number of nitrogens with one attached hydrogen (secondary N) is 1. The molecule has 1 unspecified atom stereocenters. The normalized spacial score (nSPS) is 14.1. The molecule has 0 radical (unpaired) electrons. The van der Waals surface area contributed by atoms with Gasteiger partial charge in [-0.3, -0.25) is 4.79 Å². The molecule has 0 bridgehead atoms. The molecule has 0 fully saturated rings. The van der Waals surface area contributed by atoms with Gasteiger partial charge in [0.1, 0.15) is 12.6 Å². The minimum atomic E-state index is -1.65. The summed E-state index contributed by atoms with van der Waals surface area (Å²) in [7, 11) is 0. The molecule has 156 valence electrons. The third-order valence-electron chi connectivity index (χ3n) is 4.45. The van der Waals surface area contributed by atoms with Crippen molar-refractivity contribution in [2.24, 2.45) is 5.92 Å². The Bertz CT molecular complexity index is 763. The van der Waals surface area contributed by atoms with Gasteiger partial charge in [-0.05, 0) is 23.5 Å². The van der Waals surface area contributed by atoms with Crippen molar-refractivity contribution in [2.75, 3.05) is 0 Å². The molecule has 2 aromatic carbocycles. The average Bonchev–Trinajstić information content (AvgIpc) is 2.72. The maximum absolute atomic E-state index is 12.5. The van der Waals surface area contributed by atoms with Gasteiger partial charge in [0, 0.05) is 6.42 Å². The summed E-state index contributed by atoms with van der Waals surface area (Å²) in [6, 6.07) is 17.4. The fourth-order valence-corrected chi connectivity index (χ4v) is 2.91. The molecular weight excluding hydrogens is 370 g/mol. The lowest BCUT2D eigenvalue weighted by atomic mass is 10.0. The van der Waals surface area contributed by atoms with Gasteiger partial charge < -0.3 is 20.3 Å². The van der Waals surface area contributed by atoms with Gasteiger partial charge in [0.2, 0.25) is 0 Å². The number of benzene rings is 2. The van der Waals surface area contributed by atoms with E-state index in [1.807, 2.05) is 62.4 Å². The number of aliphatic hydroxyl groups excluding tert-OH is 2. The number of aliphatic hydroxyl groups is 2. The highest BCUT2D eigenvalue weighted by Gasteiger charge is 2.30. The molecule has 1 amide bonds. The number of amides is 1. The van der Waals surface area contributed by atoms with Crippen molar-refractivity contribution in [3.8, 4) is 0 Å². The molecule has 2 aromatic rings. The molecule has 0 spiro atoms. The Labute approximate surface area is 171 Å². The van der Waals surface area contributed by atoms with Crippen LogP contribution in [0.5, 0.6) is 0 Å². The predicted molar refractivity (Wildman–Crippen MR) is 110 cm³/mol. The summed E-state index contributed by atoms with van der Waals surface area (Å²) >= 11 is 0. The molecule has 0 heterocycles. The first-order valence-electron chi connectivity index (χ1n) is 9.77. The Morgan fingerprint density at radius 2 is 1.48 bits per heavy atom. The minimum absolute atomic E-state index is 0.101. The van der Waals surface area contributed by atoms with Gasteiger partial charge in [-0.25, -0.2) is 4.79 Å². The molecule has 0 saturated heterocycles. The standard InChI is InChI=1S/C23H29NO5/c1-16(2)13-19(23(28)29-15-18-11-7-4-8-12-18)24-22(27)21(26)20(25)14-17-9-5-3-6-10-17/h3-12,16,19-21,25-26H,13-15H2,1-2H3,(H,24,27)/t19-,20?,21-/m0/s1. The SMILES string of the molecule is CC(C)C[C@H](NC(=O)[C@@H](O)C(O)Cc1ccccc1)C(=O)OCc1ccccc1. The van der Waals surface area contributed by atoms with Crippen LogP contribution in [0.4, 0.5) is 0 Å². The minimum Gasteiger partial charge on any atom is -0.459 e. The van der Waals surface area contributed by atoms with E-state index < -0.39 is 30.1 Å². The van der Waals surface area contributed by atoms with Gasteiger partial charge in [-0.15, -0.1) is 0 Å². The van der Waals surface area contributed by atoms with Gasteiger partial charge in [-0.2, -0.15) is 0 Å². The number of ether oxygens (including phenoxy) is 1. The maximum Gasteiger partial charge on any atom is 0.328 e. The molecule has 0 aliphatic heterocycles. The highest BCUT2D eigenvalue weighted by molar-refractivity contribution is 5.87. The summed E-state index contributed by atoms with van der Waals surface area (Å²) in [4.78, 5) is 24.9. The van der Waals surface area contributed by atoms with Crippen LogP contribution >= 0.6 is 0 Å². The fraction of sp³-hybridized carbons (Fsp3) is 0.391. The van der Waals surface area contributed by atoms with E-state index in [-0.39, 0.29) is 18.9 Å². The summed E-state index contributed by atoms with van der Waals surface area (Å²) < 4.78 is 5.33. The van der Waals surface area contributed by atoms with Crippen molar-refractivity contribution < 1.29 is 24.5 Å². The van der Waals surface area contributed by atoms with Gasteiger partial charge in [0.05, 0.1) is 6.10 Å². The molecule has 6 nitrogen and oxygen atoms in total. The monoisotopic (exact) mass is 399 g/mol. The van der Waals surface area contributed by atoms with Crippen molar-refractivity contribution in [1.29, 1.82) is 0 Å². The van der Waals surface area contributed by atoms with E-state index in [4.69, 9.17) is 4.74 Å². The van der Waals surface area contributed by atoms with E-state index in [1.165, 1.54) is 0 Å². The van der Waals surface area contributed by atoms with Crippen LogP contribution < -0.4 is 5.32 Å². The summed E-state index contributed by atoms with van der Waals surface area (Å²) in [6.07, 6.45) is -2.44. The molecule has 0 aromatic heterocycles. The van der Waals surface area contributed by atoms with Crippen molar-refractivity contribution in [3.05, 3.63) is 71.8 Å². The molecule has 0 saturated carbocycles. The first-order chi connectivity index (χ1) is 13.9. The third kappa shape index (κ3) is 7.68. The smallest absolute Gasteiger partial charge is 0.328 e. The van der Waals surface area contributed by atoms with Crippen LogP contribution in [0, 0.1) is 5.92 Å². The zero-order chi connectivity index (χ0) is 21.2. The third-order valence-corrected chi connectivity index (χ3v) is 4.45. The van der Waals surface area contributed by atoms with E-state index in [9.17, 15) is 19.8 Å². The van der Waals surface area contributed by atoms with E-state index in [0.29, 0.717) is 6.42 Å². The lowest BCUT2D eigenvalue weighted by molar-refractivity contribution is -0.151. The lowest BCUT2D eigenvalue weighted by Gasteiger charge is -2.23. The van der Waals surface area contributed by atoms with Gasteiger partial charge in [0.15, 0.2) is 6.10 Å². The lowest BCUT2D eigenvalue weighted by Crippen LogP contribution is -2.50. The summed E-state index contributed by atoms with van der Waals surface area (Å²) in [5.74, 6) is -1.24. The van der Waals surface area contributed by atoms with Crippen LogP contribution in [0.1, 0.15) is 31.4 Å². The largest absolute Gasteiger partial charge is 0.459 e. The van der Waals surface area contributed by atoms with Gasteiger partial charge >= 0.3 is 5.97 Å². The van der Waals surface area contributed by atoms with E-state index >= 15 is 0 Å². The molecule has 3 atom stereocenters. The Morgan fingerprint density at radius 1 is 0.931 bits per heavy atom. The van der Waals surface area contributed by atoms with Crippen LogP contribution in [0.15, 0.2) is 60.7 Å². The van der Waals surface area contributed by atoms with Gasteiger partial charge in [0.25, 0.3) is 5.91 Å². The predicted octanol–water partition coefficient (Wildman–Crippen LogP) is 2.23. The van der Waals surface area contributed by atoms with E-state index in [1.54, 1.807) is 12.1 Å². The molecular formula is C23H29NO5. The molecule has 6 heteroatoms. The van der Waals surface area contributed by atoms with Crippen LogP contribution in [-0.4, -0.2) is 40.3 Å². The van der Waals surface area contributed by atoms with Crippen molar-refractivity contribution in [2.45, 2.75) is 51.5 Å². The number of carbonyl (C=O) groups is 2. The number of carbonyl (C=O) groups excluding carboxylic acids is 2. The van der Waals surface area contributed by atoms with Crippen LogP contribution in [0.3, 0.4) is 0 Å². The number of hydrogen-bond donors (Lipinski definition) is 3. The zero-order valence-electron chi connectivity index (χ0n) is 16.8. The van der Waals surface area contributed by atoms with Gasteiger partial charge in [-0.1, -0.05) is 74.5 Å². The van der Waals surface area contributed by atoms with Crippen LogP contribution in [0.2, 0.25) is 0 Å². The highest BCUT2D eigenvalue weighted by atomic mass is 16.5. The Kier molecular flexibility index (Phi) is 8.83. The molecule has 29 heavy (non-hydrogen) atoms. The first kappa shape index (κ1) is 22.6. The summed E-state index contributed by atoms with van der Waals surface area (Å²) in [5.41, 5.74) is 1.64. The number of hydrogen-bond acceptors (Lipinski definition) is 5. The molecule has 2 rings (SSSR count). The second-order valence-corrected chi connectivity index (χ2v) is 7.49. The number of esters is 1. The van der Waals surface area contributed by atoms with Crippen LogP contribution in [-0.2, 0) is 27.4 Å². The van der Waals surface area contributed by atoms with E-state index in [2.05, 4.69) is 5.32 Å². The second-order valence-electron chi connectivity index (χ2n) is 7.49. The summed E-state index contributed by atoms with van der Waals surface area (Å²) in [5, 5.41) is 22.9. The Morgan fingerprint density at radius 3 is 2.03 bits per heavy atom. The Hall–Kier alpha value is -2.70. The highest BCUT2D eigenvalue weighted by Crippen LogP contribution is 2.11. The second kappa shape index (κ2) is 11.3. The maximum atomic E-state index is 12.5. The zero-order valence-corrected chi connectivity index (χ0v) is 16.8. The quantitative estimate of drug-likeness (QED) is 0.533. The molecule has 0 aliphatic rings. The summed E-state index contributed by atoms with van der Waals surface area (Å²) in [6.45, 7) is 3.94. The van der Waals surface area contributed by atoms with Crippen molar-refractivity contribution in [3.63, 3.8) is 0 Å². The molecule has 0 aliphatic carbocycles. The first-order valence-corrected chi connectivity index (χ1v) is 9.77.